The van der Waals surface area contributed by atoms with Crippen molar-refractivity contribution < 1.29 is 22.7 Å². The van der Waals surface area contributed by atoms with Gasteiger partial charge in [-0.25, -0.2) is 13.2 Å². The van der Waals surface area contributed by atoms with Gasteiger partial charge < -0.3 is 9.47 Å². The van der Waals surface area contributed by atoms with E-state index in [1.165, 1.54) is 38.4 Å². The van der Waals surface area contributed by atoms with Gasteiger partial charge in [0.15, 0.2) is 0 Å². The number of hydrogen-bond acceptors (Lipinski definition) is 5. The van der Waals surface area contributed by atoms with Gasteiger partial charge in [0.2, 0.25) is 0 Å². The molecule has 3 aromatic rings. The number of ether oxygens (including phenoxy) is 2. The van der Waals surface area contributed by atoms with Crippen LogP contribution in [0.3, 0.4) is 0 Å². The summed E-state index contributed by atoms with van der Waals surface area (Å²) in [4.78, 5) is 12.4. The lowest BCUT2D eigenvalue weighted by Crippen LogP contribution is -2.27. The van der Waals surface area contributed by atoms with E-state index in [0.29, 0.717) is 17.2 Å². The number of esters is 1. The van der Waals surface area contributed by atoms with E-state index in [-0.39, 0.29) is 10.5 Å². The van der Waals surface area contributed by atoms with E-state index in [1.807, 2.05) is 13.0 Å². The minimum absolute atomic E-state index is 0.0537. The molecule has 0 bridgehead atoms. The van der Waals surface area contributed by atoms with Gasteiger partial charge in [-0.1, -0.05) is 24.3 Å². The summed E-state index contributed by atoms with van der Waals surface area (Å²) in [6.45, 7) is 1.90. The minimum Gasteiger partial charge on any atom is -0.495 e. The van der Waals surface area contributed by atoms with Gasteiger partial charge >= 0.3 is 5.97 Å². The van der Waals surface area contributed by atoms with Gasteiger partial charge in [0.05, 0.1) is 23.3 Å². The molecule has 6 nitrogen and oxygen atoms in total. The van der Waals surface area contributed by atoms with Crippen LogP contribution in [0.5, 0.6) is 11.5 Å². The van der Waals surface area contributed by atoms with Crippen LogP contribution in [0.25, 0.3) is 0 Å². The van der Waals surface area contributed by atoms with Crippen molar-refractivity contribution in [3.8, 4) is 11.5 Å². The first-order valence-electron chi connectivity index (χ1n) is 8.84. The van der Waals surface area contributed by atoms with E-state index in [0.717, 1.165) is 9.87 Å². The number of rotatable bonds is 6. The molecule has 0 atom stereocenters. The molecule has 150 valence electrons. The van der Waals surface area contributed by atoms with E-state index in [2.05, 4.69) is 0 Å². The van der Waals surface area contributed by atoms with Crippen molar-refractivity contribution in [2.75, 3.05) is 18.5 Å². The Morgan fingerprint density at radius 2 is 1.62 bits per heavy atom. The molecule has 0 fully saturated rings. The highest BCUT2D eigenvalue weighted by Gasteiger charge is 2.24. The molecule has 0 amide bonds. The van der Waals surface area contributed by atoms with E-state index in [4.69, 9.17) is 9.47 Å². The molecule has 0 aliphatic carbocycles. The zero-order valence-electron chi connectivity index (χ0n) is 16.3. The summed E-state index contributed by atoms with van der Waals surface area (Å²) in [5.74, 6) is 0.317. The fraction of sp³-hybridized carbons (Fsp3) is 0.136. The lowest BCUT2D eigenvalue weighted by atomic mass is 10.2. The minimum atomic E-state index is -3.83. The molecular formula is C22H21NO5S. The molecule has 3 aromatic carbocycles. The second kappa shape index (κ2) is 8.36. The molecule has 0 saturated carbocycles. The van der Waals surface area contributed by atoms with Crippen LogP contribution < -0.4 is 13.8 Å². The summed E-state index contributed by atoms with van der Waals surface area (Å²) in [6, 6.07) is 19.6. The lowest BCUT2D eigenvalue weighted by molar-refractivity contribution is 0.0734. The molecule has 0 saturated heterocycles. The van der Waals surface area contributed by atoms with Crippen LogP contribution in [0.15, 0.2) is 77.7 Å². The number of aryl methyl sites for hydroxylation is 1. The molecule has 0 heterocycles. The zero-order valence-corrected chi connectivity index (χ0v) is 17.1. The van der Waals surface area contributed by atoms with Crippen LogP contribution >= 0.6 is 0 Å². The van der Waals surface area contributed by atoms with E-state index >= 15 is 0 Å². The molecule has 0 radical (unpaired) electrons. The summed E-state index contributed by atoms with van der Waals surface area (Å²) in [7, 11) is -0.899. The normalized spacial score (nSPS) is 11.0. The summed E-state index contributed by atoms with van der Waals surface area (Å²) >= 11 is 0. The molecule has 3 rings (SSSR count). The monoisotopic (exact) mass is 411 g/mol. The van der Waals surface area contributed by atoms with Crippen molar-refractivity contribution in [3.63, 3.8) is 0 Å². The lowest BCUT2D eigenvalue weighted by Gasteiger charge is -2.21. The van der Waals surface area contributed by atoms with Gasteiger partial charge in [0, 0.05) is 7.05 Å². The van der Waals surface area contributed by atoms with Crippen molar-refractivity contribution >= 4 is 21.7 Å². The number of benzene rings is 3. The van der Waals surface area contributed by atoms with Crippen molar-refractivity contribution in [2.24, 2.45) is 0 Å². The summed E-state index contributed by atoms with van der Waals surface area (Å²) in [5.41, 5.74) is 1.64. The number of anilines is 1. The van der Waals surface area contributed by atoms with Crippen LogP contribution in [-0.2, 0) is 10.0 Å². The van der Waals surface area contributed by atoms with Crippen LogP contribution in [-0.4, -0.2) is 28.5 Å². The Kier molecular flexibility index (Phi) is 5.89. The number of methoxy groups -OCH3 is 1. The standard InChI is InChI=1S/C22H21NO5S/c1-16-7-6-8-18(15-16)28-22(24)17-11-13-19(14-12-17)29(25,26)23(2)20-9-4-5-10-21(20)27-3/h4-15H,1-3H3. The first kappa shape index (κ1) is 20.4. The second-order valence-electron chi connectivity index (χ2n) is 6.37. The average Bonchev–Trinajstić information content (AvgIpc) is 2.73. The van der Waals surface area contributed by atoms with Crippen molar-refractivity contribution in [1.82, 2.24) is 0 Å². The van der Waals surface area contributed by atoms with E-state index < -0.39 is 16.0 Å². The molecule has 7 heteroatoms. The predicted molar refractivity (Wildman–Crippen MR) is 111 cm³/mol. The number of carbonyl (C=O) groups is 1. The Morgan fingerprint density at radius 1 is 0.931 bits per heavy atom. The van der Waals surface area contributed by atoms with Gasteiger partial charge in [-0.3, -0.25) is 4.31 Å². The van der Waals surface area contributed by atoms with Gasteiger partial charge in [-0.05, 0) is 61.0 Å². The molecular weight excluding hydrogens is 390 g/mol. The third-order valence-corrected chi connectivity index (χ3v) is 6.16. The Hall–Kier alpha value is -3.32. The molecule has 0 aromatic heterocycles. The zero-order chi connectivity index (χ0) is 21.0. The maximum absolute atomic E-state index is 13.0. The van der Waals surface area contributed by atoms with Gasteiger partial charge in [-0.15, -0.1) is 0 Å². The average molecular weight is 411 g/mol. The fourth-order valence-corrected chi connectivity index (χ4v) is 3.99. The largest absolute Gasteiger partial charge is 0.495 e. The van der Waals surface area contributed by atoms with Crippen molar-refractivity contribution in [2.45, 2.75) is 11.8 Å². The molecule has 0 aliphatic rings. The Morgan fingerprint density at radius 3 is 2.28 bits per heavy atom. The Balaban J connectivity index is 1.82. The predicted octanol–water partition coefficient (Wildman–Crippen LogP) is 4.05. The third-order valence-electron chi connectivity index (χ3n) is 4.37. The number of carbonyl (C=O) groups excluding carboxylic acids is 1. The third kappa shape index (κ3) is 4.41. The van der Waals surface area contributed by atoms with Crippen LogP contribution in [0, 0.1) is 6.92 Å². The van der Waals surface area contributed by atoms with Gasteiger partial charge in [0.1, 0.15) is 11.5 Å². The van der Waals surface area contributed by atoms with Gasteiger partial charge in [-0.2, -0.15) is 0 Å². The molecule has 0 unspecified atom stereocenters. The number of sulfonamides is 1. The molecule has 0 spiro atoms. The van der Waals surface area contributed by atoms with Gasteiger partial charge in [0.25, 0.3) is 10.0 Å². The first-order chi connectivity index (χ1) is 13.8. The van der Waals surface area contributed by atoms with Crippen molar-refractivity contribution in [3.05, 3.63) is 83.9 Å². The first-order valence-corrected chi connectivity index (χ1v) is 10.3. The van der Waals surface area contributed by atoms with Crippen LogP contribution in [0.1, 0.15) is 15.9 Å². The Labute approximate surface area is 170 Å². The molecule has 0 aliphatic heterocycles. The topological polar surface area (TPSA) is 72.9 Å². The quantitative estimate of drug-likeness (QED) is 0.452. The molecule has 0 N–H and O–H groups in total. The van der Waals surface area contributed by atoms with Crippen LogP contribution in [0.4, 0.5) is 5.69 Å². The summed E-state index contributed by atoms with van der Waals surface area (Å²) in [6.07, 6.45) is 0. The Bertz CT molecular complexity index is 1120. The maximum Gasteiger partial charge on any atom is 0.343 e. The highest BCUT2D eigenvalue weighted by molar-refractivity contribution is 7.92. The van der Waals surface area contributed by atoms with E-state index in [9.17, 15) is 13.2 Å². The number of para-hydroxylation sites is 2. The number of nitrogens with zero attached hydrogens (tertiary/aromatic N) is 1. The highest BCUT2D eigenvalue weighted by atomic mass is 32.2. The smallest absolute Gasteiger partial charge is 0.343 e. The second-order valence-corrected chi connectivity index (χ2v) is 8.34. The summed E-state index contributed by atoms with van der Waals surface area (Å²) < 4.78 is 37.7. The SMILES string of the molecule is COc1ccccc1N(C)S(=O)(=O)c1ccc(C(=O)Oc2cccc(C)c2)cc1. The fourth-order valence-electron chi connectivity index (χ4n) is 2.79. The highest BCUT2D eigenvalue weighted by Crippen LogP contribution is 2.30. The summed E-state index contributed by atoms with van der Waals surface area (Å²) in [5, 5.41) is 0. The van der Waals surface area contributed by atoms with E-state index in [1.54, 1.807) is 42.5 Å². The molecule has 29 heavy (non-hydrogen) atoms. The number of hydrogen-bond donors (Lipinski definition) is 0. The maximum atomic E-state index is 13.0. The van der Waals surface area contributed by atoms with Crippen LogP contribution in [0.2, 0.25) is 0 Å². The van der Waals surface area contributed by atoms with Crippen molar-refractivity contribution in [1.29, 1.82) is 0 Å².